The third-order valence-corrected chi connectivity index (χ3v) is 3.21. The molecule has 0 unspecified atom stereocenters. The Morgan fingerprint density at radius 3 is 2.87 bits per heavy atom. The molecular formula is C15H18F2N4OS. The van der Waals surface area contributed by atoms with Crippen LogP contribution in [0.15, 0.2) is 36.7 Å². The third kappa shape index (κ3) is 5.82. The van der Waals surface area contributed by atoms with E-state index in [9.17, 15) is 8.78 Å². The lowest BCUT2D eigenvalue weighted by Crippen LogP contribution is -2.30. The zero-order valence-corrected chi connectivity index (χ0v) is 13.4. The number of thiocarbonyl (C=S) groups is 1. The number of anilines is 1. The minimum absolute atomic E-state index is 0.0543. The van der Waals surface area contributed by atoms with Crippen molar-refractivity contribution in [3.05, 3.63) is 42.2 Å². The summed E-state index contributed by atoms with van der Waals surface area (Å²) in [5.74, 6) is 0.0543. The van der Waals surface area contributed by atoms with Gasteiger partial charge in [0.2, 0.25) is 0 Å². The van der Waals surface area contributed by atoms with Crippen LogP contribution >= 0.6 is 12.2 Å². The van der Waals surface area contributed by atoms with Gasteiger partial charge in [0.05, 0.1) is 11.9 Å². The second-order valence-electron chi connectivity index (χ2n) is 4.89. The molecule has 124 valence electrons. The van der Waals surface area contributed by atoms with Crippen molar-refractivity contribution in [3.8, 4) is 5.75 Å². The highest BCUT2D eigenvalue weighted by atomic mass is 32.1. The van der Waals surface area contributed by atoms with Crippen molar-refractivity contribution in [1.29, 1.82) is 0 Å². The van der Waals surface area contributed by atoms with Crippen LogP contribution in [0.5, 0.6) is 5.75 Å². The average molecular weight is 340 g/mol. The van der Waals surface area contributed by atoms with Crippen LogP contribution in [0.1, 0.15) is 12.0 Å². The Labute approximate surface area is 138 Å². The maximum Gasteiger partial charge on any atom is 0.387 e. The summed E-state index contributed by atoms with van der Waals surface area (Å²) in [4.78, 5) is 0. The summed E-state index contributed by atoms with van der Waals surface area (Å²) < 4.78 is 31.0. The van der Waals surface area contributed by atoms with E-state index in [1.54, 1.807) is 24.4 Å². The molecule has 0 saturated carbocycles. The standard InChI is InChI=1S/C15H18F2N4OS/c1-11-9-19-21(10-11)8-4-7-18-15(23)20-12-5-2-3-6-13(12)22-14(16)17/h2-3,5-6,9-10,14H,4,7-8H2,1H3,(H2,18,20,23). The minimum Gasteiger partial charge on any atom is -0.433 e. The van der Waals surface area contributed by atoms with E-state index in [2.05, 4.69) is 20.5 Å². The van der Waals surface area contributed by atoms with Gasteiger partial charge in [0, 0.05) is 19.3 Å². The molecule has 1 aromatic heterocycles. The van der Waals surface area contributed by atoms with Gasteiger partial charge in [-0.2, -0.15) is 13.9 Å². The van der Waals surface area contributed by atoms with Gasteiger partial charge in [-0.15, -0.1) is 0 Å². The first-order valence-corrected chi connectivity index (χ1v) is 7.53. The predicted octanol–water partition coefficient (Wildman–Crippen LogP) is 3.17. The number of aromatic nitrogens is 2. The van der Waals surface area contributed by atoms with Crippen molar-refractivity contribution in [2.24, 2.45) is 0 Å². The second-order valence-corrected chi connectivity index (χ2v) is 5.30. The molecule has 0 saturated heterocycles. The fourth-order valence-corrected chi connectivity index (χ4v) is 2.18. The summed E-state index contributed by atoms with van der Waals surface area (Å²) in [7, 11) is 0. The number of benzene rings is 1. The fourth-order valence-electron chi connectivity index (χ4n) is 1.97. The lowest BCUT2D eigenvalue weighted by Gasteiger charge is -2.14. The summed E-state index contributed by atoms with van der Waals surface area (Å²) in [5.41, 5.74) is 1.51. The molecule has 1 heterocycles. The van der Waals surface area contributed by atoms with Gasteiger partial charge in [-0.3, -0.25) is 4.68 Å². The molecule has 23 heavy (non-hydrogen) atoms. The smallest absolute Gasteiger partial charge is 0.387 e. The van der Waals surface area contributed by atoms with Gasteiger partial charge in [0.1, 0.15) is 5.75 Å². The summed E-state index contributed by atoms with van der Waals surface area (Å²) in [6, 6.07) is 6.41. The Hall–Kier alpha value is -2.22. The molecule has 1 aromatic carbocycles. The van der Waals surface area contributed by atoms with Crippen LogP contribution in [0.2, 0.25) is 0 Å². The van der Waals surface area contributed by atoms with Crippen LogP contribution < -0.4 is 15.4 Å². The van der Waals surface area contributed by atoms with Gasteiger partial charge in [-0.25, -0.2) is 0 Å². The molecule has 0 radical (unpaired) electrons. The van der Waals surface area contributed by atoms with Gasteiger partial charge in [0.15, 0.2) is 5.11 Å². The molecule has 2 aromatic rings. The number of halogens is 2. The van der Waals surface area contributed by atoms with Crippen LogP contribution in [0, 0.1) is 6.92 Å². The maximum absolute atomic E-state index is 12.3. The molecule has 2 rings (SSSR count). The minimum atomic E-state index is -2.88. The number of hydrogen-bond acceptors (Lipinski definition) is 3. The Morgan fingerprint density at radius 2 is 2.17 bits per heavy atom. The number of alkyl halides is 2. The molecule has 0 aliphatic heterocycles. The van der Waals surface area contributed by atoms with Gasteiger partial charge in [-0.1, -0.05) is 12.1 Å². The molecule has 0 fully saturated rings. The van der Waals surface area contributed by atoms with Crippen molar-refractivity contribution >= 4 is 23.0 Å². The Morgan fingerprint density at radius 1 is 1.39 bits per heavy atom. The van der Waals surface area contributed by atoms with Gasteiger partial charge in [0.25, 0.3) is 0 Å². The van der Waals surface area contributed by atoms with E-state index in [0.29, 0.717) is 17.3 Å². The van der Waals surface area contributed by atoms with Crippen molar-refractivity contribution in [2.75, 3.05) is 11.9 Å². The van der Waals surface area contributed by atoms with E-state index in [0.717, 1.165) is 18.5 Å². The largest absolute Gasteiger partial charge is 0.433 e. The Kier molecular flexibility index (Phi) is 6.28. The number of aryl methyl sites for hydroxylation is 2. The highest BCUT2D eigenvalue weighted by Crippen LogP contribution is 2.25. The van der Waals surface area contributed by atoms with Gasteiger partial charge < -0.3 is 15.4 Å². The molecule has 0 spiro atoms. The lowest BCUT2D eigenvalue weighted by atomic mass is 10.3. The monoisotopic (exact) mass is 340 g/mol. The highest BCUT2D eigenvalue weighted by molar-refractivity contribution is 7.80. The molecule has 0 bridgehead atoms. The summed E-state index contributed by atoms with van der Waals surface area (Å²) in [5, 5.41) is 10.4. The molecule has 5 nitrogen and oxygen atoms in total. The van der Waals surface area contributed by atoms with Crippen LogP contribution in [-0.4, -0.2) is 28.0 Å². The molecule has 8 heteroatoms. The zero-order valence-electron chi connectivity index (χ0n) is 12.6. The Balaban J connectivity index is 1.76. The van der Waals surface area contributed by atoms with Crippen molar-refractivity contribution in [3.63, 3.8) is 0 Å². The number of nitrogens with one attached hydrogen (secondary N) is 2. The van der Waals surface area contributed by atoms with Crippen LogP contribution in [0.4, 0.5) is 14.5 Å². The number of ether oxygens (including phenoxy) is 1. The second kappa shape index (κ2) is 8.42. The van der Waals surface area contributed by atoms with E-state index in [4.69, 9.17) is 12.2 Å². The summed E-state index contributed by atoms with van der Waals surface area (Å²) in [6.07, 6.45) is 4.60. The van der Waals surface area contributed by atoms with Crippen LogP contribution in [0.25, 0.3) is 0 Å². The van der Waals surface area contributed by atoms with E-state index >= 15 is 0 Å². The van der Waals surface area contributed by atoms with E-state index in [1.165, 1.54) is 6.07 Å². The Bertz CT molecular complexity index is 648. The highest BCUT2D eigenvalue weighted by Gasteiger charge is 2.09. The van der Waals surface area contributed by atoms with E-state index in [-0.39, 0.29) is 5.75 Å². The molecule has 0 aliphatic carbocycles. The lowest BCUT2D eigenvalue weighted by molar-refractivity contribution is -0.0493. The number of para-hydroxylation sites is 2. The predicted molar refractivity (Wildman–Crippen MR) is 88.9 cm³/mol. The first kappa shape index (κ1) is 17.1. The molecular weight excluding hydrogens is 322 g/mol. The number of rotatable bonds is 7. The first-order chi connectivity index (χ1) is 11.0. The fraction of sp³-hybridized carbons (Fsp3) is 0.333. The number of nitrogens with zero attached hydrogens (tertiary/aromatic N) is 2. The van der Waals surface area contributed by atoms with Gasteiger partial charge in [-0.05, 0) is 43.3 Å². The number of hydrogen-bond donors (Lipinski definition) is 2. The topological polar surface area (TPSA) is 51.1 Å². The van der Waals surface area contributed by atoms with E-state index < -0.39 is 6.61 Å². The summed E-state index contributed by atoms with van der Waals surface area (Å²) in [6.45, 7) is 0.522. The van der Waals surface area contributed by atoms with Gasteiger partial charge >= 0.3 is 6.61 Å². The third-order valence-electron chi connectivity index (χ3n) is 2.96. The van der Waals surface area contributed by atoms with Crippen molar-refractivity contribution in [1.82, 2.24) is 15.1 Å². The van der Waals surface area contributed by atoms with Crippen LogP contribution in [-0.2, 0) is 6.54 Å². The maximum atomic E-state index is 12.3. The van der Waals surface area contributed by atoms with E-state index in [1.807, 2.05) is 17.8 Å². The zero-order chi connectivity index (χ0) is 16.7. The van der Waals surface area contributed by atoms with Crippen molar-refractivity contribution < 1.29 is 13.5 Å². The SMILES string of the molecule is Cc1cnn(CCCNC(=S)Nc2ccccc2OC(F)F)c1. The van der Waals surface area contributed by atoms with Crippen molar-refractivity contribution in [2.45, 2.75) is 26.5 Å². The molecule has 0 aliphatic rings. The quantitative estimate of drug-likeness (QED) is 0.599. The first-order valence-electron chi connectivity index (χ1n) is 7.12. The molecule has 2 N–H and O–H groups in total. The normalized spacial score (nSPS) is 10.6. The average Bonchev–Trinajstić information content (AvgIpc) is 2.91. The molecule has 0 amide bonds. The summed E-state index contributed by atoms with van der Waals surface area (Å²) >= 11 is 5.16. The molecule has 0 atom stereocenters. The van der Waals surface area contributed by atoms with Crippen LogP contribution in [0.3, 0.4) is 0 Å².